The van der Waals surface area contributed by atoms with Crippen LogP contribution in [-0.4, -0.2) is 18.3 Å². The van der Waals surface area contributed by atoms with E-state index < -0.39 is 14.9 Å². The molecule has 3 aromatic rings. The third-order valence-corrected chi connectivity index (χ3v) is 5.34. The number of pyridine rings is 1. The van der Waals surface area contributed by atoms with E-state index >= 15 is 0 Å². The van der Waals surface area contributed by atoms with Gasteiger partial charge in [-0.15, -0.1) is 0 Å². The van der Waals surface area contributed by atoms with Crippen molar-refractivity contribution in [2.75, 3.05) is 5.32 Å². The highest BCUT2D eigenvalue weighted by molar-refractivity contribution is 7.89. The Kier molecular flexibility index (Phi) is 5.90. The van der Waals surface area contributed by atoms with E-state index in [1.54, 1.807) is 12.3 Å². The predicted octanol–water partition coefficient (Wildman–Crippen LogP) is 3.34. The van der Waals surface area contributed by atoms with Gasteiger partial charge in [0.2, 0.25) is 10.0 Å². The molecule has 0 aliphatic heterocycles. The van der Waals surface area contributed by atoms with Crippen molar-refractivity contribution in [3.63, 3.8) is 0 Å². The van der Waals surface area contributed by atoms with Crippen LogP contribution in [0.4, 0.5) is 11.4 Å². The fourth-order valence-corrected chi connectivity index (χ4v) is 3.45. The summed E-state index contributed by atoms with van der Waals surface area (Å²) in [6.45, 7) is 1.99. The number of nitro benzene ring substituents is 1. The second-order valence-corrected chi connectivity index (χ2v) is 8.18. The van der Waals surface area contributed by atoms with Crippen LogP contribution in [0.25, 0.3) is 0 Å². The average molecular weight is 412 g/mol. The Morgan fingerprint density at radius 1 is 1.14 bits per heavy atom. The summed E-state index contributed by atoms with van der Waals surface area (Å²) >= 11 is 0. The molecule has 8 nitrogen and oxygen atoms in total. The number of anilines is 1. The van der Waals surface area contributed by atoms with Crippen LogP contribution in [0.1, 0.15) is 22.9 Å². The summed E-state index contributed by atoms with van der Waals surface area (Å²) in [5.41, 5.74) is 2.68. The molecule has 0 radical (unpaired) electrons. The first-order valence-electron chi connectivity index (χ1n) is 8.78. The summed E-state index contributed by atoms with van der Waals surface area (Å²) in [5, 5.41) is 19.8. The number of sulfonamides is 1. The van der Waals surface area contributed by atoms with Gasteiger partial charge in [0.1, 0.15) is 5.69 Å². The van der Waals surface area contributed by atoms with E-state index in [4.69, 9.17) is 5.14 Å². The lowest BCUT2D eigenvalue weighted by molar-refractivity contribution is -0.384. The van der Waals surface area contributed by atoms with Gasteiger partial charge in [-0.3, -0.25) is 15.1 Å². The summed E-state index contributed by atoms with van der Waals surface area (Å²) in [6.07, 6.45) is 2.18. The fourth-order valence-electron chi connectivity index (χ4n) is 2.92. The van der Waals surface area contributed by atoms with Crippen molar-refractivity contribution in [1.29, 1.82) is 0 Å². The Morgan fingerprint density at radius 2 is 1.86 bits per heavy atom. The Bertz CT molecular complexity index is 1120. The van der Waals surface area contributed by atoms with Crippen molar-refractivity contribution in [3.8, 4) is 0 Å². The number of aromatic nitrogens is 1. The van der Waals surface area contributed by atoms with Gasteiger partial charge in [0.25, 0.3) is 5.69 Å². The number of nitrogens with zero attached hydrogens (tertiary/aromatic N) is 2. The van der Waals surface area contributed by atoms with Crippen molar-refractivity contribution >= 4 is 21.4 Å². The summed E-state index contributed by atoms with van der Waals surface area (Å²) in [6, 6.07) is 16.6. The number of primary sulfonamides is 1. The monoisotopic (exact) mass is 412 g/mol. The highest BCUT2D eigenvalue weighted by Crippen LogP contribution is 2.31. The van der Waals surface area contributed by atoms with Gasteiger partial charge in [0.05, 0.1) is 21.6 Å². The molecule has 3 rings (SSSR count). The minimum Gasteiger partial charge on any atom is -0.371 e. The molecule has 0 fully saturated rings. The minimum atomic E-state index is -4.05. The van der Waals surface area contributed by atoms with Crippen LogP contribution in [0, 0.1) is 17.0 Å². The molecule has 2 aromatic carbocycles. The van der Waals surface area contributed by atoms with Gasteiger partial charge in [-0.1, -0.05) is 35.9 Å². The third-order valence-electron chi connectivity index (χ3n) is 4.43. The van der Waals surface area contributed by atoms with Gasteiger partial charge in [-0.25, -0.2) is 13.6 Å². The number of nitro groups is 1. The van der Waals surface area contributed by atoms with Gasteiger partial charge in [-0.2, -0.15) is 0 Å². The second-order valence-electron chi connectivity index (χ2n) is 6.62. The lowest BCUT2D eigenvalue weighted by Crippen LogP contribution is -2.17. The maximum absolute atomic E-state index is 11.6. The minimum absolute atomic E-state index is 0.185. The Hall–Kier alpha value is -3.30. The number of nitrogens with one attached hydrogen (secondary N) is 1. The van der Waals surface area contributed by atoms with Crippen LogP contribution in [0.15, 0.2) is 71.8 Å². The molecule has 29 heavy (non-hydrogen) atoms. The molecule has 1 unspecified atom stereocenters. The van der Waals surface area contributed by atoms with Crippen LogP contribution in [0.2, 0.25) is 0 Å². The highest BCUT2D eigenvalue weighted by atomic mass is 32.2. The topological polar surface area (TPSA) is 128 Å². The van der Waals surface area contributed by atoms with Gasteiger partial charge < -0.3 is 5.32 Å². The van der Waals surface area contributed by atoms with E-state index in [9.17, 15) is 18.5 Å². The zero-order valence-electron chi connectivity index (χ0n) is 15.6. The number of aryl methyl sites for hydroxylation is 1. The first kappa shape index (κ1) is 20.4. The lowest BCUT2D eigenvalue weighted by atomic mass is 10.0. The van der Waals surface area contributed by atoms with Crippen LogP contribution >= 0.6 is 0 Å². The number of nitrogens with two attached hydrogens (primary N) is 1. The predicted molar refractivity (Wildman–Crippen MR) is 110 cm³/mol. The van der Waals surface area contributed by atoms with Crippen molar-refractivity contribution in [2.45, 2.75) is 24.3 Å². The normalized spacial score (nSPS) is 12.3. The van der Waals surface area contributed by atoms with E-state index in [0.29, 0.717) is 12.1 Å². The average Bonchev–Trinajstić information content (AvgIpc) is 2.69. The highest BCUT2D eigenvalue weighted by Gasteiger charge is 2.22. The van der Waals surface area contributed by atoms with Crippen LogP contribution in [0.3, 0.4) is 0 Å². The summed E-state index contributed by atoms with van der Waals surface area (Å²) in [5.74, 6) is 0. The van der Waals surface area contributed by atoms with Gasteiger partial charge in [0, 0.05) is 12.3 Å². The maximum Gasteiger partial charge on any atom is 0.293 e. The van der Waals surface area contributed by atoms with E-state index in [1.165, 1.54) is 12.1 Å². The first-order chi connectivity index (χ1) is 13.7. The zero-order chi connectivity index (χ0) is 21.0. The largest absolute Gasteiger partial charge is 0.371 e. The second kappa shape index (κ2) is 8.38. The molecule has 0 spiro atoms. The number of hydrogen-bond donors (Lipinski definition) is 2. The molecular formula is C20H20N4O4S. The molecule has 0 saturated heterocycles. The number of benzene rings is 2. The molecule has 1 atom stereocenters. The molecule has 0 saturated carbocycles. The van der Waals surface area contributed by atoms with Gasteiger partial charge in [-0.05, 0) is 43.2 Å². The van der Waals surface area contributed by atoms with Crippen LogP contribution < -0.4 is 10.5 Å². The number of rotatable bonds is 7. The van der Waals surface area contributed by atoms with Crippen molar-refractivity contribution < 1.29 is 13.3 Å². The van der Waals surface area contributed by atoms with E-state index in [1.807, 2.05) is 43.3 Å². The maximum atomic E-state index is 11.6. The molecule has 3 N–H and O–H groups in total. The molecule has 1 aromatic heterocycles. The van der Waals surface area contributed by atoms with Crippen molar-refractivity contribution in [3.05, 3.63) is 93.8 Å². The van der Waals surface area contributed by atoms with Crippen LogP contribution in [0.5, 0.6) is 0 Å². The number of hydrogen-bond acceptors (Lipinski definition) is 6. The summed E-state index contributed by atoms with van der Waals surface area (Å²) < 4.78 is 23.1. The molecule has 0 amide bonds. The Balaban J connectivity index is 1.99. The Morgan fingerprint density at radius 3 is 2.45 bits per heavy atom. The van der Waals surface area contributed by atoms with Crippen molar-refractivity contribution in [1.82, 2.24) is 4.98 Å². The fraction of sp³-hybridized carbons (Fsp3) is 0.150. The quantitative estimate of drug-likeness (QED) is 0.452. The van der Waals surface area contributed by atoms with Crippen LogP contribution in [-0.2, 0) is 16.4 Å². The molecule has 0 aliphatic carbocycles. The van der Waals surface area contributed by atoms with Gasteiger partial charge >= 0.3 is 0 Å². The molecule has 1 heterocycles. The molecule has 9 heteroatoms. The lowest BCUT2D eigenvalue weighted by Gasteiger charge is -2.20. The summed E-state index contributed by atoms with van der Waals surface area (Å²) in [4.78, 5) is 14.9. The Labute approximate surface area is 168 Å². The zero-order valence-corrected chi connectivity index (χ0v) is 16.5. The van der Waals surface area contributed by atoms with E-state index in [2.05, 4.69) is 10.3 Å². The third kappa shape index (κ3) is 5.15. The van der Waals surface area contributed by atoms with Gasteiger partial charge in [0.15, 0.2) is 0 Å². The first-order valence-corrected chi connectivity index (χ1v) is 10.3. The smallest absolute Gasteiger partial charge is 0.293 e. The van der Waals surface area contributed by atoms with E-state index in [0.717, 1.165) is 17.2 Å². The summed E-state index contributed by atoms with van der Waals surface area (Å²) in [7, 11) is -4.05. The van der Waals surface area contributed by atoms with Crippen molar-refractivity contribution in [2.24, 2.45) is 5.14 Å². The molecule has 0 bridgehead atoms. The van der Waals surface area contributed by atoms with E-state index in [-0.39, 0.29) is 22.3 Å². The molecule has 150 valence electrons. The SMILES string of the molecule is Cc1ccc(CC(Nc2ccc(S(N)(=O)=O)cc2[N+](=O)[O-])c2ccccn2)cc1. The standard InChI is InChI=1S/C20H20N4O4S/c1-14-5-7-15(8-6-14)12-19(17-4-2-3-11-22-17)23-18-10-9-16(29(21,27)28)13-20(18)24(25)26/h2-11,13,19,23H,12H2,1H3,(H2,21,27,28). The molecular weight excluding hydrogens is 392 g/mol. The molecule has 0 aliphatic rings.